The minimum atomic E-state index is -0.126. The number of benzene rings is 6. The van der Waals surface area contributed by atoms with Crippen molar-refractivity contribution in [2.45, 2.75) is 19.3 Å². The Bertz CT molecular complexity index is 2440. The van der Waals surface area contributed by atoms with Gasteiger partial charge >= 0.3 is 0 Å². The summed E-state index contributed by atoms with van der Waals surface area (Å²) < 4.78 is 2.22. The Balaban J connectivity index is 1.32. The molecule has 1 aliphatic carbocycles. The third-order valence-electron chi connectivity index (χ3n) is 9.46. The molecule has 4 nitrogen and oxygen atoms in total. The molecule has 1 aliphatic rings. The van der Waals surface area contributed by atoms with Gasteiger partial charge in [0, 0.05) is 27.3 Å². The van der Waals surface area contributed by atoms with Crippen LogP contribution in [0.5, 0.6) is 0 Å². The van der Waals surface area contributed by atoms with Crippen LogP contribution >= 0.6 is 0 Å². The van der Waals surface area contributed by atoms with Crippen LogP contribution in [0.2, 0.25) is 0 Å². The zero-order chi connectivity index (χ0) is 30.8. The molecule has 0 unspecified atom stereocenters. The summed E-state index contributed by atoms with van der Waals surface area (Å²) in [5.41, 5.74) is 11.5. The maximum absolute atomic E-state index is 5.22. The van der Waals surface area contributed by atoms with Crippen LogP contribution < -0.4 is 0 Å². The largest absolute Gasteiger partial charge is 0.278 e. The molecule has 0 bridgehead atoms. The standard InChI is InChI=1S/C42H30N4/c1-42(2)35-22-11-9-20-31(35)33-25-34-32-21-10-12-23-37(32)46(38(34)26-36(33)42)41-44-39(28-16-7-4-8-17-28)43-40(45-41)30-19-13-18-29(24-30)27-14-5-3-6-15-27/h3-26H,1-2H3. The van der Waals surface area contributed by atoms with Gasteiger partial charge in [0.05, 0.1) is 11.0 Å². The summed E-state index contributed by atoms with van der Waals surface area (Å²) in [6.45, 7) is 4.65. The van der Waals surface area contributed by atoms with Gasteiger partial charge in [-0.1, -0.05) is 135 Å². The summed E-state index contributed by atoms with van der Waals surface area (Å²) in [4.78, 5) is 15.4. The van der Waals surface area contributed by atoms with Gasteiger partial charge < -0.3 is 0 Å². The topological polar surface area (TPSA) is 43.6 Å². The lowest BCUT2D eigenvalue weighted by atomic mass is 9.82. The average Bonchev–Trinajstić information content (AvgIpc) is 3.56. The first-order valence-corrected chi connectivity index (χ1v) is 15.7. The highest BCUT2D eigenvalue weighted by molar-refractivity contribution is 6.11. The molecule has 218 valence electrons. The van der Waals surface area contributed by atoms with Gasteiger partial charge in [0.15, 0.2) is 11.6 Å². The number of hydrogen-bond acceptors (Lipinski definition) is 3. The van der Waals surface area contributed by atoms with Crippen LogP contribution in [0.1, 0.15) is 25.0 Å². The first kappa shape index (κ1) is 26.5. The molecule has 0 fully saturated rings. The van der Waals surface area contributed by atoms with Crippen molar-refractivity contribution in [3.8, 4) is 51.0 Å². The van der Waals surface area contributed by atoms with E-state index in [2.05, 4.69) is 140 Å². The minimum Gasteiger partial charge on any atom is -0.278 e. The molecule has 0 saturated heterocycles. The zero-order valence-corrected chi connectivity index (χ0v) is 25.6. The third-order valence-corrected chi connectivity index (χ3v) is 9.46. The number of rotatable bonds is 4. The Morgan fingerprint density at radius 2 is 1.07 bits per heavy atom. The molecule has 2 aromatic heterocycles. The summed E-state index contributed by atoms with van der Waals surface area (Å²) in [7, 11) is 0. The number of nitrogens with zero attached hydrogens (tertiary/aromatic N) is 4. The smallest absolute Gasteiger partial charge is 0.238 e. The molecule has 2 heterocycles. The lowest BCUT2D eigenvalue weighted by Crippen LogP contribution is -2.15. The Morgan fingerprint density at radius 3 is 1.87 bits per heavy atom. The molecular weight excluding hydrogens is 560 g/mol. The number of fused-ring (bicyclic) bond motifs is 6. The summed E-state index contributed by atoms with van der Waals surface area (Å²) in [5.74, 6) is 1.89. The van der Waals surface area contributed by atoms with E-state index < -0.39 is 0 Å². The van der Waals surface area contributed by atoms with Gasteiger partial charge in [-0.3, -0.25) is 4.57 Å². The average molecular weight is 591 g/mol. The Labute approximate surface area is 267 Å². The van der Waals surface area contributed by atoms with Crippen LogP contribution in [0.3, 0.4) is 0 Å². The third kappa shape index (κ3) is 4.04. The van der Waals surface area contributed by atoms with Gasteiger partial charge in [-0.2, -0.15) is 9.97 Å². The molecule has 0 aliphatic heterocycles. The molecule has 0 saturated carbocycles. The first-order chi connectivity index (χ1) is 22.6. The van der Waals surface area contributed by atoms with Crippen molar-refractivity contribution in [3.05, 3.63) is 157 Å². The van der Waals surface area contributed by atoms with E-state index in [-0.39, 0.29) is 5.41 Å². The lowest BCUT2D eigenvalue weighted by molar-refractivity contribution is 0.661. The lowest BCUT2D eigenvalue weighted by Gasteiger charge is -2.21. The highest BCUT2D eigenvalue weighted by Crippen LogP contribution is 2.50. The predicted octanol–water partition coefficient (Wildman–Crippen LogP) is 10.3. The molecule has 0 atom stereocenters. The van der Waals surface area contributed by atoms with Gasteiger partial charge in [0.1, 0.15) is 0 Å². The van der Waals surface area contributed by atoms with E-state index in [1.807, 2.05) is 24.3 Å². The van der Waals surface area contributed by atoms with Crippen LogP contribution in [0.25, 0.3) is 72.8 Å². The SMILES string of the molecule is CC1(C)c2ccccc2-c2cc3c4ccccc4n(-c4nc(-c5ccccc5)nc(-c5cccc(-c6ccccc6)c5)n4)c3cc21. The van der Waals surface area contributed by atoms with Gasteiger partial charge in [-0.05, 0) is 57.6 Å². The van der Waals surface area contributed by atoms with E-state index in [4.69, 9.17) is 15.0 Å². The Kier molecular flexibility index (Phi) is 5.81. The summed E-state index contributed by atoms with van der Waals surface area (Å²) in [6.07, 6.45) is 0. The molecule has 0 spiro atoms. The van der Waals surface area contributed by atoms with E-state index in [1.54, 1.807) is 0 Å². The second-order valence-electron chi connectivity index (χ2n) is 12.5. The Hall–Kier alpha value is -5.87. The van der Waals surface area contributed by atoms with Crippen molar-refractivity contribution in [2.75, 3.05) is 0 Å². The monoisotopic (exact) mass is 590 g/mol. The molecule has 0 amide bonds. The molecule has 0 radical (unpaired) electrons. The molecule has 9 rings (SSSR count). The van der Waals surface area contributed by atoms with Crippen molar-refractivity contribution in [3.63, 3.8) is 0 Å². The fraction of sp³-hybridized carbons (Fsp3) is 0.0714. The fourth-order valence-electron chi connectivity index (χ4n) is 7.16. The van der Waals surface area contributed by atoms with Gasteiger partial charge in [0.25, 0.3) is 0 Å². The predicted molar refractivity (Wildman–Crippen MR) is 188 cm³/mol. The summed E-state index contributed by atoms with van der Waals surface area (Å²) in [5, 5.41) is 2.37. The van der Waals surface area contributed by atoms with Crippen LogP contribution in [0.4, 0.5) is 0 Å². The summed E-state index contributed by atoms with van der Waals surface area (Å²) in [6, 6.07) is 51.2. The molecule has 4 heteroatoms. The molecular formula is C42H30N4. The number of hydrogen-bond donors (Lipinski definition) is 0. The van der Waals surface area contributed by atoms with Gasteiger partial charge in [0.2, 0.25) is 5.95 Å². The van der Waals surface area contributed by atoms with E-state index in [0.29, 0.717) is 17.6 Å². The zero-order valence-electron chi connectivity index (χ0n) is 25.6. The highest BCUT2D eigenvalue weighted by Gasteiger charge is 2.36. The van der Waals surface area contributed by atoms with Crippen LogP contribution in [-0.4, -0.2) is 19.5 Å². The van der Waals surface area contributed by atoms with Crippen LogP contribution in [0.15, 0.2) is 146 Å². The molecule has 8 aromatic rings. The number of aromatic nitrogens is 4. The van der Waals surface area contributed by atoms with Gasteiger partial charge in [-0.25, -0.2) is 4.98 Å². The van der Waals surface area contributed by atoms with Crippen LogP contribution in [-0.2, 0) is 5.41 Å². The molecule has 0 N–H and O–H groups in total. The van der Waals surface area contributed by atoms with E-state index in [1.165, 1.54) is 33.0 Å². The maximum atomic E-state index is 5.22. The highest BCUT2D eigenvalue weighted by atomic mass is 15.2. The molecule has 46 heavy (non-hydrogen) atoms. The maximum Gasteiger partial charge on any atom is 0.238 e. The normalized spacial score (nSPS) is 13.2. The minimum absolute atomic E-state index is 0.126. The van der Waals surface area contributed by atoms with E-state index in [9.17, 15) is 0 Å². The van der Waals surface area contributed by atoms with Crippen molar-refractivity contribution in [1.82, 2.24) is 19.5 Å². The second kappa shape index (κ2) is 10.1. The number of para-hydroxylation sites is 1. The summed E-state index contributed by atoms with van der Waals surface area (Å²) >= 11 is 0. The van der Waals surface area contributed by atoms with Crippen molar-refractivity contribution < 1.29 is 0 Å². The van der Waals surface area contributed by atoms with E-state index in [0.717, 1.165) is 33.3 Å². The fourth-order valence-corrected chi connectivity index (χ4v) is 7.16. The first-order valence-electron chi connectivity index (χ1n) is 15.7. The Morgan fingerprint density at radius 1 is 0.435 bits per heavy atom. The van der Waals surface area contributed by atoms with Crippen molar-refractivity contribution in [2.24, 2.45) is 0 Å². The van der Waals surface area contributed by atoms with Gasteiger partial charge in [-0.15, -0.1) is 0 Å². The molecule has 6 aromatic carbocycles. The van der Waals surface area contributed by atoms with Crippen LogP contribution in [0, 0.1) is 0 Å². The van der Waals surface area contributed by atoms with Crippen molar-refractivity contribution >= 4 is 21.8 Å². The van der Waals surface area contributed by atoms with E-state index >= 15 is 0 Å². The quantitative estimate of drug-likeness (QED) is 0.205. The van der Waals surface area contributed by atoms with Crippen molar-refractivity contribution in [1.29, 1.82) is 0 Å². The second-order valence-corrected chi connectivity index (χ2v) is 12.5.